The number of thiazole rings is 1. The number of benzene rings is 1. The van der Waals surface area contributed by atoms with Crippen LogP contribution in [0.3, 0.4) is 0 Å². The number of aromatic nitrogens is 1. The predicted octanol–water partition coefficient (Wildman–Crippen LogP) is 2.95. The standard InChI is InChI=1S/C17H19N3O3S/c1-10(12-3-4-14-15(7-12)23-9-22-14)20-6-5-13-16(8-20)24-17(19-13)18-11(2)21/h3-4,7,10H,5-6,8-9H2,1-2H3,(H,18,19,21). The van der Waals surface area contributed by atoms with E-state index < -0.39 is 0 Å². The van der Waals surface area contributed by atoms with Gasteiger partial charge in [0, 0.05) is 37.4 Å². The second-order valence-corrected chi connectivity index (χ2v) is 7.16. The zero-order chi connectivity index (χ0) is 16.7. The fourth-order valence-corrected chi connectivity index (χ4v) is 4.21. The Kier molecular flexibility index (Phi) is 3.90. The highest BCUT2D eigenvalue weighted by Crippen LogP contribution is 2.37. The number of carbonyl (C=O) groups excluding carboxylic acids is 1. The molecule has 6 nitrogen and oxygen atoms in total. The number of rotatable bonds is 3. The van der Waals surface area contributed by atoms with E-state index in [1.54, 1.807) is 11.3 Å². The van der Waals surface area contributed by atoms with Gasteiger partial charge in [0.15, 0.2) is 16.6 Å². The molecule has 1 amide bonds. The van der Waals surface area contributed by atoms with E-state index in [9.17, 15) is 4.79 Å². The number of fused-ring (bicyclic) bond motifs is 2. The summed E-state index contributed by atoms with van der Waals surface area (Å²) in [5, 5.41) is 3.48. The van der Waals surface area contributed by atoms with Crippen molar-refractivity contribution in [3.63, 3.8) is 0 Å². The molecule has 0 radical (unpaired) electrons. The number of nitrogens with one attached hydrogen (secondary N) is 1. The van der Waals surface area contributed by atoms with Gasteiger partial charge in [-0.1, -0.05) is 6.07 Å². The van der Waals surface area contributed by atoms with Crippen molar-refractivity contribution in [3.05, 3.63) is 34.3 Å². The number of nitrogens with zero attached hydrogens (tertiary/aromatic N) is 2. The van der Waals surface area contributed by atoms with Crippen molar-refractivity contribution in [2.75, 3.05) is 18.7 Å². The highest BCUT2D eigenvalue weighted by molar-refractivity contribution is 7.15. The lowest BCUT2D eigenvalue weighted by molar-refractivity contribution is -0.114. The fraction of sp³-hybridized carbons (Fsp3) is 0.412. The second kappa shape index (κ2) is 6.07. The summed E-state index contributed by atoms with van der Waals surface area (Å²) in [7, 11) is 0. The van der Waals surface area contributed by atoms with Gasteiger partial charge in [-0.15, -0.1) is 11.3 Å². The third-order valence-corrected chi connectivity index (χ3v) is 5.47. The number of hydrogen-bond acceptors (Lipinski definition) is 6. The molecule has 0 fully saturated rings. The summed E-state index contributed by atoms with van der Waals surface area (Å²) in [6.45, 7) is 5.81. The van der Waals surface area contributed by atoms with Crippen LogP contribution in [0.1, 0.15) is 36.0 Å². The van der Waals surface area contributed by atoms with Crippen molar-refractivity contribution in [2.24, 2.45) is 0 Å². The van der Waals surface area contributed by atoms with Gasteiger partial charge in [-0.3, -0.25) is 9.69 Å². The Bertz CT molecular complexity index is 789. The van der Waals surface area contributed by atoms with Crippen molar-refractivity contribution in [1.82, 2.24) is 9.88 Å². The Morgan fingerprint density at radius 1 is 1.38 bits per heavy atom. The molecule has 2 aliphatic rings. The van der Waals surface area contributed by atoms with Gasteiger partial charge in [0.2, 0.25) is 12.7 Å². The minimum absolute atomic E-state index is 0.0771. The molecule has 0 aliphatic carbocycles. The SMILES string of the molecule is CC(=O)Nc1nc2c(s1)CN(C(C)c1ccc3c(c1)OCO3)CC2. The molecule has 1 aromatic carbocycles. The van der Waals surface area contributed by atoms with Crippen LogP contribution in [0.25, 0.3) is 0 Å². The molecule has 126 valence electrons. The molecule has 4 rings (SSSR count). The molecule has 1 atom stereocenters. The minimum atomic E-state index is -0.0771. The van der Waals surface area contributed by atoms with Crippen LogP contribution >= 0.6 is 11.3 Å². The van der Waals surface area contributed by atoms with E-state index >= 15 is 0 Å². The largest absolute Gasteiger partial charge is 0.454 e. The Labute approximate surface area is 144 Å². The maximum Gasteiger partial charge on any atom is 0.231 e. The lowest BCUT2D eigenvalue weighted by Gasteiger charge is -2.32. The van der Waals surface area contributed by atoms with Gasteiger partial charge in [-0.2, -0.15) is 0 Å². The zero-order valence-corrected chi connectivity index (χ0v) is 14.5. The summed E-state index contributed by atoms with van der Waals surface area (Å²) in [6.07, 6.45) is 0.903. The van der Waals surface area contributed by atoms with Crippen molar-refractivity contribution < 1.29 is 14.3 Å². The molecule has 2 aliphatic heterocycles. The van der Waals surface area contributed by atoms with Crippen LogP contribution in [-0.4, -0.2) is 29.1 Å². The third-order valence-electron chi connectivity index (χ3n) is 4.47. The number of anilines is 1. The van der Waals surface area contributed by atoms with Crippen LogP contribution in [0.2, 0.25) is 0 Å². The highest BCUT2D eigenvalue weighted by atomic mass is 32.1. The second-order valence-electron chi connectivity index (χ2n) is 6.08. The van der Waals surface area contributed by atoms with Crippen LogP contribution in [0, 0.1) is 0 Å². The topological polar surface area (TPSA) is 63.7 Å². The molecule has 24 heavy (non-hydrogen) atoms. The molecule has 0 spiro atoms. The number of ether oxygens (including phenoxy) is 2. The van der Waals surface area contributed by atoms with E-state index in [-0.39, 0.29) is 11.9 Å². The van der Waals surface area contributed by atoms with Gasteiger partial charge < -0.3 is 14.8 Å². The number of amides is 1. The Hall–Kier alpha value is -2.12. The number of hydrogen-bond donors (Lipinski definition) is 1. The summed E-state index contributed by atoms with van der Waals surface area (Å²) >= 11 is 1.57. The summed E-state index contributed by atoms with van der Waals surface area (Å²) in [6, 6.07) is 6.42. The van der Waals surface area contributed by atoms with E-state index in [0.717, 1.165) is 36.7 Å². The lowest BCUT2D eigenvalue weighted by atomic mass is 10.0. The molecule has 1 aromatic heterocycles. The summed E-state index contributed by atoms with van der Waals surface area (Å²) in [5.74, 6) is 1.56. The average Bonchev–Trinajstić information content (AvgIpc) is 3.17. The lowest BCUT2D eigenvalue weighted by Crippen LogP contribution is -2.32. The zero-order valence-electron chi connectivity index (χ0n) is 13.7. The molecule has 0 saturated carbocycles. The first-order valence-corrected chi connectivity index (χ1v) is 8.81. The smallest absolute Gasteiger partial charge is 0.231 e. The Morgan fingerprint density at radius 3 is 3.04 bits per heavy atom. The van der Waals surface area contributed by atoms with E-state index in [1.807, 2.05) is 6.07 Å². The maximum absolute atomic E-state index is 11.2. The molecule has 2 aromatic rings. The van der Waals surface area contributed by atoms with E-state index in [1.165, 1.54) is 17.4 Å². The Morgan fingerprint density at radius 2 is 2.21 bits per heavy atom. The number of carbonyl (C=O) groups is 1. The van der Waals surface area contributed by atoms with Crippen molar-refractivity contribution >= 4 is 22.4 Å². The maximum atomic E-state index is 11.2. The van der Waals surface area contributed by atoms with Gasteiger partial charge in [0.1, 0.15) is 0 Å². The van der Waals surface area contributed by atoms with Crippen LogP contribution in [0.15, 0.2) is 18.2 Å². The van der Waals surface area contributed by atoms with E-state index in [4.69, 9.17) is 9.47 Å². The molecule has 7 heteroatoms. The average molecular weight is 345 g/mol. The molecular formula is C17H19N3O3S. The van der Waals surface area contributed by atoms with Gasteiger partial charge in [0.05, 0.1) is 5.69 Å². The monoisotopic (exact) mass is 345 g/mol. The van der Waals surface area contributed by atoms with Crippen molar-refractivity contribution in [1.29, 1.82) is 0 Å². The predicted molar refractivity (Wildman–Crippen MR) is 91.5 cm³/mol. The molecule has 0 saturated heterocycles. The first-order chi connectivity index (χ1) is 11.6. The summed E-state index contributed by atoms with van der Waals surface area (Å²) in [5.41, 5.74) is 2.33. The van der Waals surface area contributed by atoms with Crippen molar-refractivity contribution in [2.45, 2.75) is 32.9 Å². The molecular weight excluding hydrogens is 326 g/mol. The van der Waals surface area contributed by atoms with Gasteiger partial charge in [-0.05, 0) is 24.6 Å². The van der Waals surface area contributed by atoms with Gasteiger partial charge in [0.25, 0.3) is 0 Å². The van der Waals surface area contributed by atoms with E-state index in [2.05, 4.69) is 34.3 Å². The Balaban J connectivity index is 1.51. The van der Waals surface area contributed by atoms with Crippen LogP contribution in [-0.2, 0) is 17.8 Å². The first-order valence-electron chi connectivity index (χ1n) is 8.00. The van der Waals surface area contributed by atoms with Crippen LogP contribution in [0.4, 0.5) is 5.13 Å². The normalized spacial score (nSPS) is 17.4. The molecule has 3 heterocycles. The van der Waals surface area contributed by atoms with Crippen LogP contribution < -0.4 is 14.8 Å². The third kappa shape index (κ3) is 2.85. The van der Waals surface area contributed by atoms with E-state index in [0.29, 0.717) is 11.9 Å². The summed E-state index contributed by atoms with van der Waals surface area (Å²) in [4.78, 5) is 19.4. The first kappa shape index (κ1) is 15.4. The van der Waals surface area contributed by atoms with Crippen molar-refractivity contribution in [3.8, 4) is 11.5 Å². The highest BCUT2D eigenvalue weighted by Gasteiger charge is 2.26. The molecule has 0 bridgehead atoms. The quantitative estimate of drug-likeness (QED) is 0.927. The summed E-state index contributed by atoms with van der Waals surface area (Å²) < 4.78 is 10.9. The minimum Gasteiger partial charge on any atom is -0.454 e. The van der Waals surface area contributed by atoms with Gasteiger partial charge in [-0.25, -0.2) is 4.98 Å². The van der Waals surface area contributed by atoms with Gasteiger partial charge >= 0.3 is 0 Å². The fourth-order valence-electron chi connectivity index (χ4n) is 3.13. The van der Waals surface area contributed by atoms with Crippen LogP contribution in [0.5, 0.6) is 11.5 Å². The molecule has 1 N–H and O–H groups in total. The molecule has 1 unspecified atom stereocenters.